The van der Waals surface area contributed by atoms with E-state index in [1.807, 2.05) is 0 Å². The summed E-state index contributed by atoms with van der Waals surface area (Å²) in [5.41, 5.74) is -0.409. The van der Waals surface area contributed by atoms with E-state index in [1.54, 1.807) is 0 Å². The first-order valence-corrected chi connectivity index (χ1v) is 4.23. The maximum Gasteiger partial charge on any atom is 0.0635 e. The number of hydrogen-bond acceptors (Lipinski definition) is 0. The SMILES string of the molecule is [2H]c1c([2H])c([2H])c(-c2c([2H])c([2H])c([2H])c([2H])c2Br)c([2H])c1[2H]. The summed E-state index contributed by atoms with van der Waals surface area (Å²) >= 11 is 3.04. The van der Waals surface area contributed by atoms with Crippen LogP contribution in [0, 0.1) is 0 Å². The molecule has 0 heterocycles. The standard InChI is InChI=1S/C12H9Br/c13-12-9-5-4-8-11(12)10-6-2-1-3-7-10/h1-9H/i1D,2D,3D,4D,5D,6D,7D,8D,9D. The first kappa shape index (κ1) is 2.96. The van der Waals surface area contributed by atoms with Crippen molar-refractivity contribution in [2.75, 3.05) is 0 Å². The van der Waals surface area contributed by atoms with Crippen molar-refractivity contribution in [1.82, 2.24) is 0 Å². The normalized spacial score (nSPS) is 19.6. The number of halogens is 1. The van der Waals surface area contributed by atoms with Gasteiger partial charge in [-0.15, -0.1) is 0 Å². The summed E-state index contributed by atoms with van der Waals surface area (Å²) in [6, 6.07) is -4.55. The minimum atomic E-state index is -0.560. The van der Waals surface area contributed by atoms with Crippen molar-refractivity contribution >= 4 is 15.9 Å². The molecule has 0 nitrogen and oxygen atoms in total. The van der Waals surface area contributed by atoms with Gasteiger partial charge >= 0.3 is 0 Å². The van der Waals surface area contributed by atoms with Crippen LogP contribution in [0.25, 0.3) is 11.1 Å². The zero-order chi connectivity index (χ0) is 16.9. The fourth-order valence-corrected chi connectivity index (χ4v) is 1.24. The van der Waals surface area contributed by atoms with Crippen molar-refractivity contribution in [1.29, 1.82) is 0 Å². The summed E-state index contributed by atoms with van der Waals surface area (Å²) in [5.74, 6) is 0. The van der Waals surface area contributed by atoms with Gasteiger partial charge in [0.05, 0.1) is 12.3 Å². The smallest absolute Gasteiger partial charge is 0.0622 e. The molecule has 0 aliphatic heterocycles. The molecule has 0 amide bonds. The van der Waals surface area contributed by atoms with Gasteiger partial charge in [-0.1, -0.05) is 64.3 Å². The molecular weight excluding hydrogens is 224 g/mol. The van der Waals surface area contributed by atoms with Crippen LogP contribution in [-0.4, -0.2) is 0 Å². The first-order chi connectivity index (χ1) is 10.1. The molecule has 0 aliphatic carbocycles. The van der Waals surface area contributed by atoms with E-state index in [0.29, 0.717) is 0 Å². The van der Waals surface area contributed by atoms with Gasteiger partial charge in [-0.2, -0.15) is 0 Å². The summed E-state index contributed by atoms with van der Waals surface area (Å²) in [7, 11) is 0. The van der Waals surface area contributed by atoms with E-state index in [0.717, 1.165) is 0 Å². The van der Waals surface area contributed by atoms with Crippen LogP contribution in [0.4, 0.5) is 0 Å². The lowest BCUT2D eigenvalue weighted by atomic mass is 10.1. The Morgan fingerprint density at radius 3 is 2.23 bits per heavy atom. The van der Waals surface area contributed by atoms with E-state index in [9.17, 15) is 0 Å². The molecule has 0 unspecified atom stereocenters. The van der Waals surface area contributed by atoms with Gasteiger partial charge in [-0.3, -0.25) is 0 Å². The van der Waals surface area contributed by atoms with E-state index < -0.39 is 48.3 Å². The van der Waals surface area contributed by atoms with Gasteiger partial charge in [0.2, 0.25) is 0 Å². The molecule has 0 N–H and O–H groups in total. The lowest BCUT2D eigenvalue weighted by Crippen LogP contribution is -1.77. The number of hydrogen-bond donors (Lipinski definition) is 0. The summed E-state index contributed by atoms with van der Waals surface area (Å²) in [6.45, 7) is 0. The third-order valence-electron chi connectivity index (χ3n) is 1.39. The molecule has 0 aromatic heterocycles. The van der Waals surface area contributed by atoms with Gasteiger partial charge in [-0.05, 0) is 17.2 Å². The van der Waals surface area contributed by atoms with Crippen molar-refractivity contribution in [3.63, 3.8) is 0 Å². The van der Waals surface area contributed by atoms with Crippen LogP contribution < -0.4 is 0 Å². The Labute approximate surface area is 99.0 Å². The predicted molar refractivity (Wildman–Crippen MR) is 59.6 cm³/mol. The fourth-order valence-electron chi connectivity index (χ4n) is 0.844. The topological polar surface area (TPSA) is 0 Å². The van der Waals surface area contributed by atoms with Crippen LogP contribution >= 0.6 is 15.9 Å². The van der Waals surface area contributed by atoms with E-state index >= 15 is 0 Å². The highest BCUT2D eigenvalue weighted by Crippen LogP contribution is 2.27. The monoisotopic (exact) mass is 241 g/mol. The van der Waals surface area contributed by atoms with Gasteiger partial charge in [0, 0.05) is 4.47 Å². The Balaban J connectivity index is 3.03. The molecule has 0 fully saturated rings. The van der Waals surface area contributed by atoms with Gasteiger partial charge in [0.1, 0.15) is 0 Å². The molecule has 0 spiro atoms. The third kappa shape index (κ3) is 1.81. The third-order valence-corrected chi connectivity index (χ3v) is 1.99. The zero-order valence-corrected chi connectivity index (χ0v) is 7.96. The van der Waals surface area contributed by atoms with Crippen LogP contribution in [0.2, 0.25) is 0 Å². The number of benzene rings is 2. The van der Waals surface area contributed by atoms with Crippen LogP contribution in [0.1, 0.15) is 12.3 Å². The molecule has 1 heteroatoms. The molecule has 2 aromatic rings. The van der Waals surface area contributed by atoms with Crippen molar-refractivity contribution in [3.8, 4) is 11.1 Å². The van der Waals surface area contributed by atoms with Crippen LogP contribution in [-0.2, 0) is 0 Å². The minimum Gasteiger partial charge on any atom is -0.0622 e. The average molecular weight is 242 g/mol. The molecule has 2 aromatic carbocycles. The summed E-state index contributed by atoms with van der Waals surface area (Å²) in [5, 5.41) is 0. The van der Waals surface area contributed by atoms with E-state index in [1.165, 1.54) is 0 Å². The predicted octanol–water partition coefficient (Wildman–Crippen LogP) is 4.12. The van der Waals surface area contributed by atoms with Gasteiger partial charge in [0.15, 0.2) is 0 Å². The van der Waals surface area contributed by atoms with E-state index in [2.05, 4.69) is 15.9 Å². The fraction of sp³-hybridized carbons (Fsp3) is 0. The molecule has 0 radical (unpaired) electrons. The second kappa shape index (κ2) is 3.75. The lowest BCUT2D eigenvalue weighted by molar-refractivity contribution is 1.58. The van der Waals surface area contributed by atoms with Gasteiger partial charge in [0.25, 0.3) is 0 Å². The quantitative estimate of drug-likeness (QED) is 0.705. The van der Waals surface area contributed by atoms with Crippen LogP contribution in [0.3, 0.4) is 0 Å². The van der Waals surface area contributed by atoms with Crippen molar-refractivity contribution in [2.24, 2.45) is 0 Å². The van der Waals surface area contributed by atoms with Crippen molar-refractivity contribution < 1.29 is 12.3 Å². The maximum atomic E-state index is 7.94. The second-order valence-corrected chi connectivity index (χ2v) is 2.98. The minimum absolute atomic E-state index is 0.0444. The molecule has 0 saturated heterocycles. The summed E-state index contributed by atoms with van der Waals surface area (Å²) in [6.07, 6.45) is 0. The Hall–Kier alpha value is -1.08. The van der Waals surface area contributed by atoms with Gasteiger partial charge in [-0.25, -0.2) is 0 Å². The highest BCUT2D eigenvalue weighted by atomic mass is 79.9. The molecule has 0 atom stereocenters. The van der Waals surface area contributed by atoms with Crippen LogP contribution in [0.15, 0.2) is 58.9 Å². The first-order valence-electron chi connectivity index (χ1n) is 7.94. The molecule has 0 bridgehead atoms. The lowest BCUT2D eigenvalue weighted by Gasteiger charge is -2.02. The number of rotatable bonds is 1. The van der Waals surface area contributed by atoms with E-state index in [4.69, 9.17) is 12.3 Å². The molecule has 0 aliphatic rings. The maximum absolute atomic E-state index is 7.94. The zero-order valence-electron chi connectivity index (χ0n) is 15.4. The molecule has 13 heavy (non-hydrogen) atoms. The largest absolute Gasteiger partial charge is 0.0635 e. The summed E-state index contributed by atoms with van der Waals surface area (Å²) < 4.78 is 69.7. The van der Waals surface area contributed by atoms with E-state index in [-0.39, 0.29) is 21.6 Å². The Morgan fingerprint density at radius 1 is 0.846 bits per heavy atom. The van der Waals surface area contributed by atoms with Gasteiger partial charge < -0.3 is 0 Å². The highest BCUT2D eigenvalue weighted by Gasteiger charge is 1.99. The second-order valence-electron chi connectivity index (χ2n) is 2.19. The Kier molecular flexibility index (Phi) is 0.854. The van der Waals surface area contributed by atoms with Crippen LogP contribution in [0.5, 0.6) is 0 Å². The average Bonchev–Trinajstić information content (AvgIpc) is 2.50. The molecular formula is C12H9Br. The molecule has 64 valence electrons. The Morgan fingerprint density at radius 2 is 1.46 bits per heavy atom. The van der Waals surface area contributed by atoms with Crippen molar-refractivity contribution in [3.05, 3.63) is 58.9 Å². The van der Waals surface area contributed by atoms with Crippen molar-refractivity contribution in [2.45, 2.75) is 0 Å². The summed E-state index contributed by atoms with van der Waals surface area (Å²) in [4.78, 5) is 0. The molecule has 2 rings (SSSR count). The molecule has 0 saturated carbocycles. The highest BCUT2D eigenvalue weighted by molar-refractivity contribution is 9.10. The Bertz CT molecular complexity index is 675.